The number of hydrogen-bond donors (Lipinski definition) is 1. The van der Waals surface area contributed by atoms with Gasteiger partial charge >= 0.3 is 0 Å². The summed E-state index contributed by atoms with van der Waals surface area (Å²) < 4.78 is 5.24. The number of nitrogens with one attached hydrogen (secondary N) is 1. The molecule has 0 bridgehead atoms. The molecule has 0 unspecified atom stereocenters. The number of nitrogens with zero attached hydrogens (tertiary/aromatic N) is 2. The normalized spacial score (nSPS) is 16.6. The second-order valence-electron chi connectivity index (χ2n) is 4.09. The Kier molecular flexibility index (Phi) is 4.00. The van der Waals surface area contributed by atoms with Crippen molar-refractivity contribution in [1.82, 2.24) is 5.01 Å². The predicted octanol–water partition coefficient (Wildman–Crippen LogP) is 2.22. The quantitative estimate of drug-likeness (QED) is 0.674. The second kappa shape index (κ2) is 5.51. The molecule has 1 N–H and O–H groups in total. The summed E-state index contributed by atoms with van der Waals surface area (Å²) in [6.45, 7) is 4.70. The minimum Gasteiger partial charge on any atom is -0.379 e. The molecule has 0 aromatic heterocycles. The topological polar surface area (TPSA) is 67.6 Å². The molecule has 0 atom stereocenters. The molecule has 0 saturated carbocycles. The van der Waals surface area contributed by atoms with Crippen LogP contribution >= 0.6 is 11.6 Å². The van der Waals surface area contributed by atoms with E-state index in [4.69, 9.17) is 16.3 Å². The van der Waals surface area contributed by atoms with Gasteiger partial charge in [-0.3, -0.25) is 10.1 Å². The summed E-state index contributed by atoms with van der Waals surface area (Å²) in [5.74, 6) is 0. The van der Waals surface area contributed by atoms with Gasteiger partial charge < -0.3 is 10.2 Å². The summed E-state index contributed by atoms with van der Waals surface area (Å²) in [6.07, 6.45) is 0. The molecule has 2 rings (SSSR count). The van der Waals surface area contributed by atoms with Crippen molar-refractivity contribution in [3.63, 3.8) is 0 Å². The smallest absolute Gasteiger partial charge is 0.288 e. The highest BCUT2D eigenvalue weighted by atomic mass is 35.5. The molecule has 0 spiro atoms. The first-order chi connectivity index (χ1) is 8.58. The number of aryl methyl sites for hydroxylation is 1. The van der Waals surface area contributed by atoms with Gasteiger partial charge in [-0.2, -0.15) is 0 Å². The van der Waals surface area contributed by atoms with Gasteiger partial charge in [-0.15, -0.1) is 0 Å². The molecule has 6 nitrogen and oxygen atoms in total. The lowest BCUT2D eigenvalue weighted by molar-refractivity contribution is -0.384. The average molecular weight is 272 g/mol. The maximum atomic E-state index is 10.7. The Morgan fingerprint density at radius 2 is 2.11 bits per heavy atom. The Bertz CT molecular complexity index is 461. The van der Waals surface area contributed by atoms with E-state index in [-0.39, 0.29) is 10.7 Å². The maximum Gasteiger partial charge on any atom is 0.288 e. The average Bonchev–Trinajstić information content (AvgIpc) is 2.34. The molecule has 1 aliphatic heterocycles. The van der Waals surface area contributed by atoms with Crippen LogP contribution in [0.25, 0.3) is 0 Å². The third kappa shape index (κ3) is 2.90. The zero-order chi connectivity index (χ0) is 13.1. The van der Waals surface area contributed by atoms with Crippen molar-refractivity contribution in [3.8, 4) is 0 Å². The number of nitro benzene ring substituents is 1. The number of anilines is 1. The highest BCUT2D eigenvalue weighted by molar-refractivity contribution is 6.33. The van der Waals surface area contributed by atoms with Gasteiger partial charge in [-0.25, -0.2) is 5.01 Å². The molecule has 1 heterocycles. The molecule has 1 fully saturated rings. The van der Waals surface area contributed by atoms with E-state index in [2.05, 4.69) is 5.43 Å². The number of halogens is 1. The first kappa shape index (κ1) is 13.1. The lowest BCUT2D eigenvalue weighted by Crippen LogP contribution is -2.40. The first-order valence-corrected chi connectivity index (χ1v) is 5.99. The lowest BCUT2D eigenvalue weighted by Gasteiger charge is -2.28. The summed E-state index contributed by atoms with van der Waals surface area (Å²) in [5, 5.41) is 12.9. The van der Waals surface area contributed by atoms with Crippen molar-refractivity contribution in [2.75, 3.05) is 31.7 Å². The van der Waals surface area contributed by atoms with Gasteiger partial charge in [0, 0.05) is 19.2 Å². The number of hydrazine groups is 1. The Labute approximate surface area is 110 Å². The number of hydrogen-bond acceptors (Lipinski definition) is 5. The van der Waals surface area contributed by atoms with Gasteiger partial charge in [0.25, 0.3) is 5.69 Å². The van der Waals surface area contributed by atoms with Gasteiger partial charge in [0.15, 0.2) is 0 Å². The number of morpholine rings is 1. The number of ether oxygens (including phenoxy) is 1. The largest absolute Gasteiger partial charge is 0.379 e. The monoisotopic (exact) mass is 271 g/mol. The summed E-state index contributed by atoms with van der Waals surface area (Å²) in [7, 11) is 0. The van der Waals surface area contributed by atoms with Crippen LogP contribution in [0.3, 0.4) is 0 Å². The van der Waals surface area contributed by atoms with Crippen molar-refractivity contribution in [1.29, 1.82) is 0 Å². The van der Waals surface area contributed by atoms with Gasteiger partial charge in [0.2, 0.25) is 0 Å². The summed E-state index contributed by atoms with van der Waals surface area (Å²) >= 11 is 5.89. The standard InChI is InChI=1S/C11H14ClN3O3/c1-8-6-11(15(16)17)9(12)7-10(8)13-14-2-4-18-5-3-14/h6-7,13H,2-5H2,1H3. The van der Waals surface area contributed by atoms with Crippen LogP contribution in [0, 0.1) is 17.0 Å². The van der Waals surface area contributed by atoms with Crippen LogP contribution in [0.4, 0.5) is 11.4 Å². The molecular weight excluding hydrogens is 258 g/mol. The van der Waals surface area contributed by atoms with Gasteiger partial charge in [-0.1, -0.05) is 11.6 Å². The molecule has 7 heteroatoms. The van der Waals surface area contributed by atoms with Gasteiger partial charge in [-0.05, 0) is 18.6 Å². The summed E-state index contributed by atoms with van der Waals surface area (Å²) in [4.78, 5) is 10.3. The van der Waals surface area contributed by atoms with Crippen LogP contribution in [0.2, 0.25) is 5.02 Å². The molecule has 1 aromatic rings. The van der Waals surface area contributed by atoms with Crippen molar-refractivity contribution in [2.45, 2.75) is 6.92 Å². The van der Waals surface area contributed by atoms with Crippen LogP contribution in [-0.4, -0.2) is 36.2 Å². The molecule has 0 aliphatic carbocycles. The van der Waals surface area contributed by atoms with Crippen LogP contribution in [0.15, 0.2) is 12.1 Å². The minimum absolute atomic E-state index is 0.0679. The lowest BCUT2D eigenvalue weighted by atomic mass is 10.2. The van der Waals surface area contributed by atoms with Crippen molar-refractivity contribution in [3.05, 3.63) is 32.8 Å². The van der Waals surface area contributed by atoms with E-state index in [1.54, 1.807) is 6.07 Å². The molecule has 98 valence electrons. The molecular formula is C11H14ClN3O3. The third-order valence-electron chi connectivity index (χ3n) is 2.78. The van der Waals surface area contributed by atoms with Crippen molar-refractivity contribution >= 4 is 23.0 Å². The fraction of sp³-hybridized carbons (Fsp3) is 0.455. The number of benzene rings is 1. The molecule has 0 amide bonds. The second-order valence-corrected chi connectivity index (χ2v) is 4.49. The van der Waals surface area contributed by atoms with Crippen LogP contribution < -0.4 is 5.43 Å². The van der Waals surface area contributed by atoms with Crippen LogP contribution in [0.1, 0.15) is 5.56 Å². The zero-order valence-corrected chi connectivity index (χ0v) is 10.7. The van der Waals surface area contributed by atoms with E-state index in [9.17, 15) is 10.1 Å². The van der Waals surface area contributed by atoms with E-state index in [1.807, 2.05) is 11.9 Å². The first-order valence-electron chi connectivity index (χ1n) is 5.62. The number of nitro groups is 1. The van der Waals surface area contributed by atoms with Crippen LogP contribution in [0.5, 0.6) is 0 Å². The minimum atomic E-state index is -0.478. The van der Waals surface area contributed by atoms with E-state index < -0.39 is 4.92 Å². The van der Waals surface area contributed by atoms with Crippen molar-refractivity contribution in [2.24, 2.45) is 0 Å². The van der Waals surface area contributed by atoms with E-state index >= 15 is 0 Å². The Morgan fingerprint density at radius 3 is 2.72 bits per heavy atom. The van der Waals surface area contributed by atoms with Gasteiger partial charge in [0.05, 0.1) is 23.8 Å². The SMILES string of the molecule is Cc1cc([N+](=O)[O-])c(Cl)cc1NN1CCOCC1. The maximum absolute atomic E-state index is 10.7. The van der Waals surface area contributed by atoms with Crippen molar-refractivity contribution < 1.29 is 9.66 Å². The van der Waals surface area contributed by atoms with Crippen LogP contribution in [-0.2, 0) is 4.74 Å². The summed E-state index contributed by atoms with van der Waals surface area (Å²) in [6, 6.07) is 3.07. The molecule has 18 heavy (non-hydrogen) atoms. The Hall–Kier alpha value is -1.37. The van der Waals surface area contributed by atoms with Gasteiger partial charge in [0.1, 0.15) is 5.02 Å². The molecule has 1 saturated heterocycles. The van der Waals surface area contributed by atoms with E-state index in [0.29, 0.717) is 13.2 Å². The predicted molar refractivity (Wildman–Crippen MR) is 68.9 cm³/mol. The third-order valence-corrected chi connectivity index (χ3v) is 3.08. The fourth-order valence-corrected chi connectivity index (χ4v) is 2.00. The van der Waals surface area contributed by atoms with E-state index in [1.165, 1.54) is 6.07 Å². The fourth-order valence-electron chi connectivity index (χ4n) is 1.77. The Balaban J connectivity index is 2.18. The van der Waals surface area contributed by atoms with E-state index in [0.717, 1.165) is 24.3 Å². The zero-order valence-electron chi connectivity index (χ0n) is 9.98. The molecule has 1 aliphatic rings. The highest BCUT2D eigenvalue weighted by Crippen LogP contribution is 2.30. The Morgan fingerprint density at radius 1 is 1.44 bits per heavy atom. The molecule has 1 aromatic carbocycles. The highest BCUT2D eigenvalue weighted by Gasteiger charge is 2.17. The summed E-state index contributed by atoms with van der Waals surface area (Å²) in [5.41, 5.74) is 4.71. The molecule has 0 radical (unpaired) electrons. The number of rotatable bonds is 3.